The summed E-state index contributed by atoms with van der Waals surface area (Å²) < 4.78 is 112. The van der Waals surface area contributed by atoms with E-state index in [9.17, 15) is 39.5 Å². The van der Waals surface area contributed by atoms with Gasteiger partial charge in [0.25, 0.3) is 0 Å². The Balaban J connectivity index is 5.10. The molecular weight excluding hydrogens is 315 g/mol. The van der Waals surface area contributed by atoms with E-state index < -0.39 is 43.0 Å². The molecule has 20 heavy (non-hydrogen) atoms. The number of nitrogens with zero attached hydrogens (tertiary/aromatic N) is 1. The van der Waals surface area contributed by atoms with Crippen molar-refractivity contribution in [2.75, 3.05) is 6.61 Å². The van der Waals surface area contributed by atoms with Gasteiger partial charge >= 0.3 is 18.5 Å². The van der Waals surface area contributed by atoms with Crippen LogP contribution >= 0.6 is 0 Å². The van der Waals surface area contributed by atoms with Crippen LogP contribution in [0.25, 0.3) is 0 Å². The van der Waals surface area contributed by atoms with Gasteiger partial charge in [0, 0.05) is 0 Å². The van der Waals surface area contributed by atoms with Gasteiger partial charge in [0.1, 0.15) is 5.92 Å². The molecule has 0 spiro atoms. The molecular formula is C7H7F9N2O2. The lowest BCUT2D eigenvalue weighted by Crippen LogP contribution is -2.47. The summed E-state index contributed by atoms with van der Waals surface area (Å²) in [7, 11) is 0. The fourth-order valence-electron chi connectivity index (χ4n) is 0.984. The van der Waals surface area contributed by atoms with Crippen LogP contribution < -0.4 is 5.73 Å². The minimum Gasteiger partial charge on any atom is -0.409 e. The molecule has 0 saturated heterocycles. The highest BCUT2D eigenvalue weighted by molar-refractivity contribution is 5.83. The van der Waals surface area contributed by atoms with Crippen molar-refractivity contribution in [1.29, 1.82) is 0 Å². The molecule has 0 bridgehead atoms. The third-order valence-electron chi connectivity index (χ3n) is 1.89. The molecule has 0 fully saturated rings. The molecule has 0 aromatic rings. The van der Waals surface area contributed by atoms with Crippen molar-refractivity contribution in [1.82, 2.24) is 0 Å². The number of alkyl halides is 9. The summed E-state index contributed by atoms with van der Waals surface area (Å²) in [6.07, 6.45) is -21.7. The largest absolute Gasteiger partial charge is 0.423 e. The zero-order valence-electron chi connectivity index (χ0n) is 9.14. The van der Waals surface area contributed by atoms with Gasteiger partial charge in [-0.1, -0.05) is 5.16 Å². The number of oxime groups is 1. The lowest BCUT2D eigenvalue weighted by Gasteiger charge is -2.26. The van der Waals surface area contributed by atoms with Crippen molar-refractivity contribution >= 4 is 5.84 Å². The van der Waals surface area contributed by atoms with E-state index in [1.807, 2.05) is 5.16 Å². The normalized spacial score (nSPS) is 16.6. The van der Waals surface area contributed by atoms with Crippen molar-refractivity contribution in [2.45, 2.75) is 24.6 Å². The van der Waals surface area contributed by atoms with Crippen LogP contribution in [0, 0.1) is 5.92 Å². The van der Waals surface area contributed by atoms with Gasteiger partial charge in [0.15, 0.2) is 5.84 Å². The van der Waals surface area contributed by atoms with E-state index >= 15 is 0 Å². The molecule has 0 aromatic carbocycles. The van der Waals surface area contributed by atoms with Gasteiger partial charge in [0.2, 0.25) is 6.10 Å². The van der Waals surface area contributed by atoms with Crippen molar-refractivity contribution in [3.8, 4) is 0 Å². The first kappa shape index (κ1) is 18.6. The average molecular weight is 322 g/mol. The molecule has 0 aliphatic carbocycles. The number of hydrogen-bond donors (Lipinski definition) is 2. The van der Waals surface area contributed by atoms with Gasteiger partial charge in [0.05, 0.1) is 6.61 Å². The highest BCUT2D eigenvalue weighted by Gasteiger charge is 2.59. The number of halogens is 9. The fourth-order valence-corrected chi connectivity index (χ4v) is 0.984. The van der Waals surface area contributed by atoms with Crippen LogP contribution in [0.2, 0.25) is 0 Å². The summed E-state index contributed by atoms with van der Waals surface area (Å²) in [4.78, 5) is 0. The van der Waals surface area contributed by atoms with E-state index in [4.69, 9.17) is 5.21 Å². The molecule has 0 saturated carbocycles. The number of ether oxygens (including phenoxy) is 1. The van der Waals surface area contributed by atoms with Crippen molar-refractivity contribution in [3.05, 3.63) is 0 Å². The predicted molar refractivity (Wildman–Crippen MR) is 44.8 cm³/mol. The summed E-state index contributed by atoms with van der Waals surface area (Å²) in [5, 5.41) is 9.91. The minimum atomic E-state index is -5.96. The maximum absolute atomic E-state index is 12.3. The monoisotopic (exact) mass is 322 g/mol. The first-order chi connectivity index (χ1) is 8.71. The van der Waals surface area contributed by atoms with E-state index in [1.165, 1.54) is 0 Å². The van der Waals surface area contributed by atoms with Crippen molar-refractivity contribution in [3.63, 3.8) is 0 Å². The Morgan fingerprint density at radius 3 is 1.60 bits per heavy atom. The van der Waals surface area contributed by atoms with Gasteiger partial charge in [-0.15, -0.1) is 0 Å². The Kier molecular flexibility index (Phi) is 5.51. The van der Waals surface area contributed by atoms with E-state index in [0.29, 0.717) is 0 Å². The first-order valence-corrected chi connectivity index (χ1v) is 4.50. The van der Waals surface area contributed by atoms with Crippen LogP contribution in [0.1, 0.15) is 0 Å². The summed E-state index contributed by atoms with van der Waals surface area (Å²) in [5.41, 5.74) is 4.55. The summed E-state index contributed by atoms with van der Waals surface area (Å²) in [6, 6.07) is 0. The number of rotatable bonds is 4. The lowest BCUT2D eigenvalue weighted by atomic mass is 10.1. The second-order valence-electron chi connectivity index (χ2n) is 3.42. The van der Waals surface area contributed by atoms with E-state index in [1.54, 1.807) is 0 Å². The van der Waals surface area contributed by atoms with Gasteiger partial charge < -0.3 is 15.7 Å². The maximum atomic E-state index is 12.3. The molecule has 4 nitrogen and oxygen atoms in total. The van der Waals surface area contributed by atoms with Gasteiger partial charge in [-0.05, 0) is 0 Å². The molecule has 1 unspecified atom stereocenters. The summed E-state index contributed by atoms with van der Waals surface area (Å²) >= 11 is 0. The second kappa shape index (κ2) is 5.93. The van der Waals surface area contributed by atoms with Crippen LogP contribution in [0.5, 0.6) is 0 Å². The molecule has 0 aromatic heterocycles. The Bertz CT molecular complexity index is 332. The highest BCUT2D eigenvalue weighted by atomic mass is 19.4. The zero-order chi connectivity index (χ0) is 16.4. The lowest BCUT2D eigenvalue weighted by molar-refractivity contribution is -0.327. The Hall–Kier alpha value is -1.40. The third-order valence-corrected chi connectivity index (χ3v) is 1.89. The minimum absolute atomic E-state index is 1.62. The van der Waals surface area contributed by atoms with Gasteiger partial charge in [-0.25, -0.2) is 0 Å². The molecule has 13 heteroatoms. The van der Waals surface area contributed by atoms with Gasteiger partial charge in [-0.3, -0.25) is 0 Å². The quantitative estimate of drug-likeness (QED) is 0.275. The molecule has 0 aliphatic rings. The number of nitrogens with two attached hydrogens (primary N) is 1. The zero-order valence-corrected chi connectivity index (χ0v) is 9.14. The van der Waals surface area contributed by atoms with Crippen molar-refractivity contribution < 1.29 is 49.5 Å². The van der Waals surface area contributed by atoms with Crippen LogP contribution in [-0.2, 0) is 4.74 Å². The Labute approximate surface area is 105 Å². The smallest absolute Gasteiger partial charge is 0.409 e. The average Bonchev–Trinajstić information content (AvgIpc) is 2.17. The first-order valence-electron chi connectivity index (χ1n) is 4.50. The highest BCUT2D eigenvalue weighted by Crippen LogP contribution is 2.37. The molecule has 120 valence electrons. The van der Waals surface area contributed by atoms with E-state index in [2.05, 4.69) is 10.5 Å². The standard InChI is InChI=1S/C7H7F9N2O2/c8-5(9,10)2(3(17)18-19)1-20-4(6(11,12)13)7(14,15)16/h2,4,19H,1H2,(H2,17,18). The van der Waals surface area contributed by atoms with E-state index in [-0.39, 0.29) is 0 Å². The molecule has 0 aliphatic heterocycles. The SMILES string of the molecule is NC(=NO)C(COC(C(F)(F)F)C(F)(F)F)C(F)(F)F. The fraction of sp³-hybridized carbons (Fsp3) is 0.857. The molecule has 0 amide bonds. The Morgan fingerprint density at radius 1 is 0.950 bits per heavy atom. The molecule has 0 heterocycles. The van der Waals surface area contributed by atoms with Crippen LogP contribution in [0.3, 0.4) is 0 Å². The molecule has 1 atom stereocenters. The van der Waals surface area contributed by atoms with Gasteiger partial charge in [-0.2, -0.15) is 39.5 Å². The van der Waals surface area contributed by atoms with Crippen LogP contribution in [0.4, 0.5) is 39.5 Å². The van der Waals surface area contributed by atoms with E-state index in [0.717, 1.165) is 0 Å². The number of hydrogen-bond acceptors (Lipinski definition) is 3. The maximum Gasteiger partial charge on any atom is 0.423 e. The molecule has 0 rings (SSSR count). The van der Waals surface area contributed by atoms with Crippen LogP contribution in [-0.4, -0.2) is 42.3 Å². The molecule has 0 radical (unpaired) electrons. The predicted octanol–water partition coefficient (Wildman–Crippen LogP) is 2.42. The van der Waals surface area contributed by atoms with Crippen molar-refractivity contribution in [2.24, 2.45) is 16.8 Å². The summed E-state index contributed by atoms with van der Waals surface area (Å²) in [5.74, 6) is -4.74. The van der Waals surface area contributed by atoms with Crippen LogP contribution in [0.15, 0.2) is 5.16 Å². The topological polar surface area (TPSA) is 67.8 Å². The second-order valence-corrected chi connectivity index (χ2v) is 3.42. The third kappa shape index (κ3) is 5.30. The number of amidine groups is 1. The Morgan fingerprint density at radius 2 is 1.35 bits per heavy atom. The summed E-state index contributed by atoms with van der Waals surface area (Å²) in [6.45, 7) is -2.11. The molecule has 3 N–H and O–H groups in total.